The van der Waals surface area contributed by atoms with Crippen LogP contribution in [0.5, 0.6) is 0 Å². The maximum atomic E-state index is 12.9. The van der Waals surface area contributed by atoms with Gasteiger partial charge in [0.1, 0.15) is 0 Å². The summed E-state index contributed by atoms with van der Waals surface area (Å²) in [4.78, 5) is 15.4. The molecule has 1 aromatic heterocycles. The van der Waals surface area contributed by atoms with Crippen LogP contribution in [0.1, 0.15) is 53.8 Å². The molecule has 1 aromatic carbocycles. The number of hydrogen-bond acceptors (Lipinski definition) is 4. The average molecular weight is 405 g/mol. The lowest BCUT2D eigenvalue weighted by Gasteiger charge is -2.30. The highest BCUT2D eigenvalue weighted by atomic mass is 32.2. The second kappa shape index (κ2) is 7.64. The van der Waals surface area contributed by atoms with Gasteiger partial charge in [-0.3, -0.25) is 9.52 Å². The van der Waals surface area contributed by atoms with E-state index >= 15 is 0 Å². The van der Waals surface area contributed by atoms with E-state index in [0.29, 0.717) is 17.1 Å². The summed E-state index contributed by atoms with van der Waals surface area (Å²) in [5.41, 5.74) is 2.46. The van der Waals surface area contributed by atoms with Gasteiger partial charge in [-0.25, -0.2) is 8.42 Å². The van der Waals surface area contributed by atoms with Gasteiger partial charge in [0.2, 0.25) is 10.0 Å². The fraction of sp³-hybridized carbons (Fsp3) is 0.450. The van der Waals surface area contributed by atoms with Gasteiger partial charge in [0.25, 0.3) is 5.91 Å². The second-order valence-corrected chi connectivity index (χ2v) is 10.2. The van der Waals surface area contributed by atoms with Crippen molar-refractivity contribution >= 4 is 38.6 Å². The molecule has 1 N–H and O–H groups in total. The summed E-state index contributed by atoms with van der Waals surface area (Å²) in [6.45, 7) is 0.655. The van der Waals surface area contributed by atoms with E-state index in [9.17, 15) is 13.2 Å². The summed E-state index contributed by atoms with van der Waals surface area (Å²) in [6.07, 6.45) is 6.32. The molecule has 0 radical (unpaired) electrons. The van der Waals surface area contributed by atoms with Gasteiger partial charge < -0.3 is 4.90 Å². The summed E-state index contributed by atoms with van der Waals surface area (Å²) in [5.74, 6) is -0.0155. The molecule has 2 heterocycles. The zero-order valence-corrected chi connectivity index (χ0v) is 16.8. The van der Waals surface area contributed by atoms with Crippen molar-refractivity contribution in [3.8, 4) is 0 Å². The Hall–Kier alpha value is -1.86. The van der Waals surface area contributed by atoms with Gasteiger partial charge in [0, 0.05) is 12.2 Å². The largest absolute Gasteiger partial charge is 0.307 e. The smallest absolute Gasteiger partial charge is 0.268 e. The number of nitrogens with one attached hydrogen (secondary N) is 1. The van der Waals surface area contributed by atoms with E-state index in [1.165, 1.54) is 11.3 Å². The number of nitrogens with zero attached hydrogens (tertiary/aromatic N) is 1. The molecular weight excluding hydrogens is 380 g/mol. The fourth-order valence-electron chi connectivity index (χ4n) is 4.01. The number of benzene rings is 1. The first-order chi connectivity index (χ1) is 13.0. The molecular formula is C20H24N2O3S2. The summed E-state index contributed by atoms with van der Waals surface area (Å²) >= 11 is 1.43. The highest BCUT2D eigenvalue weighted by Crippen LogP contribution is 2.33. The Labute approximate surface area is 164 Å². The monoisotopic (exact) mass is 404 g/mol. The Bertz CT molecular complexity index is 917. The minimum atomic E-state index is -3.40. The Kier molecular flexibility index (Phi) is 5.23. The second-order valence-electron chi connectivity index (χ2n) is 7.29. The van der Waals surface area contributed by atoms with Crippen molar-refractivity contribution in [3.05, 3.63) is 46.2 Å². The van der Waals surface area contributed by atoms with Crippen LogP contribution in [0, 0.1) is 0 Å². The normalized spacial score (nSPS) is 18.1. The van der Waals surface area contributed by atoms with Crippen LogP contribution in [0.3, 0.4) is 0 Å². The highest BCUT2D eigenvalue weighted by Gasteiger charge is 2.29. The van der Waals surface area contributed by atoms with Crippen molar-refractivity contribution < 1.29 is 13.2 Å². The van der Waals surface area contributed by atoms with E-state index in [-0.39, 0.29) is 11.2 Å². The Balaban J connectivity index is 1.60. The molecule has 1 aliphatic heterocycles. The third kappa shape index (κ3) is 3.89. The first-order valence-electron chi connectivity index (χ1n) is 9.54. The van der Waals surface area contributed by atoms with Crippen LogP contribution in [-0.2, 0) is 16.4 Å². The molecule has 144 valence electrons. The number of carbonyl (C=O) groups is 1. The number of hydrogen-bond donors (Lipinski definition) is 1. The first-order valence-corrected chi connectivity index (χ1v) is 12.0. The topological polar surface area (TPSA) is 66.5 Å². The third-order valence-corrected chi connectivity index (χ3v) is 8.16. The number of sulfonamides is 1. The van der Waals surface area contributed by atoms with Gasteiger partial charge in [-0.05, 0) is 54.8 Å². The molecule has 0 bridgehead atoms. The molecule has 7 heteroatoms. The molecule has 0 atom stereocenters. The number of aryl methyl sites for hydroxylation is 1. The maximum absolute atomic E-state index is 12.9. The first kappa shape index (κ1) is 18.5. The van der Waals surface area contributed by atoms with E-state index in [1.54, 1.807) is 4.90 Å². The number of rotatable bonds is 4. The molecule has 5 nitrogen and oxygen atoms in total. The van der Waals surface area contributed by atoms with Crippen molar-refractivity contribution in [3.63, 3.8) is 0 Å². The highest BCUT2D eigenvalue weighted by molar-refractivity contribution is 7.93. The number of fused-ring (bicyclic) bond motifs is 1. The van der Waals surface area contributed by atoms with E-state index < -0.39 is 10.0 Å². The van der Waals surface area contributed by atoms with Crippen LogP contribution >= 0.6 is 11.3 Å². The SMILES string of the molecule is O=C(c1cccs1)N1CCCc2ccc(NS(=O)(=O)C3CCCCC3)cc21. The molecule has 1 amide bonds. The van der Waals surface area contributed by atoms with Gasteiger partial charge in [0.15, 0.2) is 0 Å². The van der Waals surface area contributed by atoms with Gasteiger partial charge in [-0.1, -0.05) is 31.4 Å². The van der Waals surface area contributed by atoms with Crippen LogP contribution in [0.4, 0.5) is 11.4 Å². The van der Waals surface area contributed by atoms with Crippen LogP contribution in [0.15, 0.2) is 35.7 Å². The average Bonchev–Trinajstić information content (AvgIpc) is 3.22. The molecule has 0 unspecified atom stereocenters. The zero-order chi connectivity index (χ0) is 18.9. The standard InChI is InChI=1S/C20H24N2O3S2/c23-20(19-9-5-13-26-19)22-12-4-6-15-10-11-16(14-18(15)22)21-27(24,25)17-7-2-1-3-8-17/h5,9-11,13-14,17,21H,1-4,6-8,12H2. The number of amides is 1. The van der Waals surface area contributed by atoms with Crippen molar-refractivity contribution in [1.29, 1.82) is 0 Å². The van der Waals surface area contributed by atoms with E-state index in [2.05, 4.69) is 4.72 Å². The van der Waals surface area contributed by atoms with Crippen molar-refractivity contribution in [1.82, 2.24) is 0 Å². The molecule has 0 saturated heterocycles. The molecule has 2 aliphatic rings. The molecule has 1 aliphatic carbocycles. The summed E-state index contributed by atoms with van der Waals surface area (Å²) in [6, 6.07) is 9.29. The van der Waals surface area contributed by atoms with Crippen LogP contribution < -0.4 is 9.62 Å². The van der Waals surface area contributed by atoms with Gasteiger partial charge in [-0.2, -0.15) is 0 Å². The van der Waals surface area contributed by atoms with Crippen LogP contribution in [-0.4, -0.2) is 26.1 Å². The minimum absolute atomic E-state index is 0.0155. The molecule has 0 spiro atoms. The molecule has 27 heavy (non-hydrogen) atoms. The lowest BCUT2D eigenvalue weighted by Crippen LogP contribution is -2.35. The van der Waals surface area contributed by atoms with Gasteiger partial charge in [-0.15, -0.1) is 11.3 Å². The van der Waals surface area contributed by atoms with E-state index in [4.69, 9.17) is 0 Å². The lowest BCUT2D eigenvalue weighted by atomic mass is 10.0. The maximum Gasteiger partial charge on any atom is 0.268 e. The van der Waals surface area contributed by atoms with Crippen molar-refractivity contribution in [2.75, 3.05) is 16.2 Å². The number of anilines is 2. The van der Waals surface area contributed by atoms with Crippen LogP contribution in [0.25, 0.3) is 0 Å². The molecule has 2 aromatic rings. The predicted molar refractivity (Wildman–Crippen MR) is 110 cm³/mol. The van der Waals surface area contributed by atoms with Crippen molar-refractivity contribution in [2.24, 2.45) is 0 Å². The van der Waals surface area contributed by atoms with Crippen LogP contribution in [0.2, 0.25) is 0 Å². The Morgan fingerprint density at radius 3 is 2.67 bits per heavy atom. The minimum Gasteiger partial charge on any atom is -0.307 e. The summed E-state index contributed by atoms with van der Waals surface area (Å²) in [7, 11) is -3.40. The van der Waals surface area contributed by atoms with Gasteiger partial charge in [0.05, 0.1) is 15.8 Å². The van der Waals surface area contributed by atoms with Gasteiger partial charge >= 0.3 is 0 Å². The van der Waals surface area contributed by atoms with E-state index in [1.807, 2.05) is 35.7 Å². The molecule has 4 rings (SSSR count). The Morgan fingerprint density at radius 1 is 1.11 bits per heavy atom. The lowest BCUT2D eigenvalue weighted by molar-refractivity contribution is 0.0989. The zero-order valence-electron chi connectivity index (χ0n) is 15.2. The van der Waals surface area contributed by atoms with E-state index in [0.717, 1.165) is 56.2 Å². The Morgan fingerprint density at radius 2 is 1.93 bits per heavy atom. The van der Waals surface area contributed by atoms with Crippen molar-refractivity contribution in [2.45, 2.75) is 50.2 Å². The quantitative estimate of drug-likeness (QED) is 0.820. The predicted octanol–water partition coefficient (Wildman–Crippen LogP) is 4.42. The molecule has 1 fully saturated rings. The fourth-order valence-corrected chi connectivity index (χ4v) is 6.25. The summed E-state index contributed by atoms with van der Waals surface area (Å²) in [5, 5.41) is 1.58. The summed E-state index contributed by atoms with van der Waals surface area (Å²) < 4.78 is 28.2. The number of carbonyl (C=O) groups excluding carboxylic acids is 1. The third-order valence-electron chi connectivity index (χ3n) is 5.43. The molecule has 1 saturated carbocycles. The number of thiophene rings is 1.